The summed E-state index contributed by atoms with van der Waals surface area (Å²) in [6.45, 7) is 2.56. The maximum Gasteiger partial charge on any atom is 0.323 e. The van der Waals surface area contributed by atoms with Gasteiger partial charge in [0.05, 0.1) is 16.5 Å². The third kappa shape index (κ3) is 4.97. The number of fused-ring (bicyclic) bond motifs is 1. The van der Waals surface area contributed by atoms with E-state index in [1.807, 2.05) is 0 Å². The molecule has 0 aliphatic heterocycles. The van der Waals surface area contributed by atoms with E-state index in [4.69, 9.17) is 16.7 Å². The van der Waals surface area contributed by atoms with Gasteiger partial charge in [-0.15, -0.1) is 0 Å². The molecule has 4 N–H and O–H groups in total. The Hall–Kier alpha value is -3.09. The van der Waals surface area contributed by atoms with Crippen molar-refractivity contribution in [3.63, 3.8) is 0 Å². The fourth-order valence-corrected chi connectivity index (χ4v) is 4.12. The number of nitrogens with one attached hydrogen (secondary N) is 2. The van der Waals surface area contributed by atoms with E-state index >= 15 is 0 Å². The van der Waals surface area contributed by atoms with E-state index in [-0.39, 0.29) is 27.0 Å². The highest BCUT2D eigenvalue weighted by atomic mass is 35.5. The summed E-state index contributed by atoms with van der Waals surface area (Å²) in [5.74, 6) is -3.22. The first-order valence-corrected chi connectivity index (χ1v) is 11.4. The van der Waals surface area contributed by atoms with E-state index in [2.05, 4.69) is 10.3 Å². The minimum Gasteiger partial charge on any atom is -0.328 e. The van der Waals surface area contributed by atoms with Crippen LogP contribution < -0.4 is 16.0 Å². The fourth-order valence-electron chi connectivity index (χ4n) is 3.34. The Kier molecular flexibility index (Phi) is 6.73. The zero-order chi connectivity index (χ0) is 24.7. The molecule has 0 radical (unpaired) electrons. The predicted molar refractivity (Wildman–Crippen MR) is 118 cm³/mol. The fraction of sp³-hybridized carbons (Fsp3) is 0.200. The SMILES string of the molecule is CC(c1c[nH]c(=O)c2cc(F)c(F)cc12)N(C(=O)Nc1ccc(F)c(Cl)c1)C(C)S(N)(=O)=O. The summed E-state index contributed by atoms with van der Waals surface area (Å²) in [5, 5.41) is 5.56. The Morgan fingerprint density at radius 1 is 1.09 bits per heavy atom. The Morgan fingerprint density at radius 2 is 1.70 bits per heavy atom. The number of amides is 2. The molecule has 8 nitrogen and oxygen atoms in total. The molecule has 0 saturated heterocycles. The number of anilines is 1. The Labute approximate surface area is 191 Å². The lowest BCUT2D eigenvalue weighted by molar-refractivity contribution is 0.187. The maximum absolute atomic E-state index is 14.0. The van der Waals surface area contributed by atoms with Crippen LogP contribution in [0, 0.1) is 17.5 Å². The first-order valence-electron chi connectivity index (χ1n) is 9.37. The molecule has 0 aliphatic rings. The summed E-state index contributed by atoms with van der Waals surface area (Å²) in [7, 11) is -4.31. The van der Waals surface area contributed by atoms with Gasteiger partial charge < -0.3 is 10.3 Å². The van der Waals surface area contributed by atoms with Crippen LogP contribution in [0.5, 0.6) is 0 Å². The van der Waals surface area contributed by atoms with Crippen LogP contribution in [0.4, 0.5) is 23.7 Å². The molecule has 2 atom stereocenters. The molecule has 33 heavy (non-hydrogen) atoms. The van der Waals surface area contributed by atoms with E-state index in [0.717, 1.165) is 36.2 Å². The van der Waals surface area contributed by atoms with Crippen molar-refractivity contribution in [3.05, 3.63) is 74.9 Å². The van der Waals surface area contributed by atoms with Gasteiger partial charge >= 0.3 is 6.03 Å². The first kappa shape index (κ1) is 24.6. The van der Waals surface area contributed by atoms with Gasteiger partial charge in [0.1, 0.15) is 11.2 Å². The number of benzene rings is 2. The number of aromatic amines is 1. The average Bonchev–Trinajstić information content (AvgIpc) is 2.72. The molecule has 3 rings (SSSR count). The van der Waals surface area contributed by atoms with Crippen molar-refractivity contribution in [2.24, 2.45) is 5.14 Å². The van der Waals surface area contributed by atoms with Gasteiger partial charge in [0.15, 0.2) is 11.6 Å². The number of halogens is 4. The van der Waals surface area contributed by atoms with Crippen molar-refractivity contribution in [1.82, 2.24) is 9.88 Å². The molecule has 0 bridgehead atoms. The minimum absolute atomic E-state index is 0.0330. The van der Waals surface area contributed by atoms with Crippen LogP contribution in [0.15, 0.2) is 41.3 Å². The van der Waals surface area contributed by atoms with E-state index in [0.29, 0.717) is 6.07 Å². The molecule has 2 aromatic carbocycles. The van der Waals surface area contributed by atoms with Gasteiger partial charge in [-0.1, -0.05) is 11.6 Å². The van der Waals surface area contributed by atoms with Crippen molar-refractivity contribution in [1.29, 1.82) is 0 Å². The average molecular weight is 503 g/mol. The van der Waals surface area contributed by atoms with Gasteiger partial charge in [-0.2, -0.15) is 0 Å². The predicted octanol–water partition coefficient (Wildman–Crippen LogP) is 3.83. The highest BCUT2D eigenvalue weighted by Gasteiger charge is 2.34. The number of nitrogens with two attached hydrogens (primary N) is 1. The number of nitrogens with zero attached hydrogens (tertiary/aromatic N) is 1. The lowest BCUT2D eigenvalue weighted by Crippen LogP contribution is -2.48. The maximum atomic E-state index is 14.0. The first-order chi connectivity index (χ1) is 15.3. The van der Waals surface area contributed by atoms with Crippen molar-refractivity contribution < 1.29 is 26.4 Å². The largest absolute Gasteiger partial charge is 0.328 e. The number of H-pyrrole nitrogens is 1. The number of carbonyl (C=O) groups is 1. The molecule has 1 aromatic heterocycles. The van der Waals surface area contributed by atoms with Crippen LogP contribution in [0.1, 0.15) is 25.5 Å². The molecule has 0 fully saturated rings. The second-order valence-corrected chi connectivity index (χ2v) is 9.48. The van der Waals surface area contributed by atoms with Crippen molar-refractivity contribution in [3.8, 4) is 0 Å². The monoisotopic (exact) mass is 502 g/mol. The normalized spacial score (nSPS) is 13.5. The number of primary sulfonamides is 1. The molecule has 1 heterocycles. The number of rotatable bonds is 5. The quantitative estimate of drug-likeness (QED) is 0.490. The topological polar surface area (TPSA) is 125 Å². The van der Waals surface area contributed by atoms with Gasteiger partial charge in [0, 0.05) is 11.9 Å². The summed E-state index contributed by atoms with van der Waals surface area (Å²) in [6, 6.07) is 2.73. The van der Waals surface area contributed by atoms with Gasteiger partial charge in [-0.3, -0.25) is 9.69 Å². The summed E-state index contributed by atoms with van der Waals surface area (Å²) in [5.41, 5.74) is -0.535. The van der Waals surface area contributed by atoms with Crippen LogP contribution in [0.2, 0.25) is 5.02 Å². The molecule has 0 aliphatic carbocycles. The number of sulfonamides is 1. The number of aromatic nitrogens is 1. The molecule has 3 aromatic rings. The third-order valence-corrected chi connectivity index (χ3v) is 6.58. The van der Waals surface area contributed by atoms with Crippen LogP contribution >= 0.6 is 11.6 Å². The molecule has 13 heteroatoms. The zero-order valence-corrected chi connectivity index (χ0v) is 18.8. The van der Waals surface area contributed by atoms with Gasteiger partial charge in [0.25, 0.3) is 5.56 Å². The Balaban J connectivity index is 2.12. The van der Waals surface area contributed by atoms with E-state index in [1.165, 1.54) is 13.0 Å². The number of hydrogen-bond donors (Lipinski definition) is 3. The highest BCUT2D eigenvalue weighted by molar-refractivity contribution is 7.89. The summed E-state index contributed by atoms with van der Waals surface area (Å²) >= 11 is 5.72. The van der Waals surface area contributed by atoms with Gasteiger partial charge in [-0.25, -0.2) is 31.5 Å². The van der Waals surface area contributed by atoms with Crippen LogP contribution in [0.3, 0.4) is 0 Å². The second-order valence-electron chi connectivity index (χ2n) is 7.22. The van der Waals surface area contributed by atoms with Crippen molar-refractivity contribution in [2.75, 3.05) is 5.32 Å². The van der Waals surface area contributed by atoms with E-state index < -0.39 is 50.5 Å². The van der Waals surface area contributed by atoms with Crippen molar-refractivity contribution >= 4 is 44.1 Å². The number of pyridine rings is 1. The summed E-state index contributed by atoms with van der Waals surface area (Å²) < 4.78 is 65.3. The molecule has 0 saturated carbocycles. The lowest BCUT2D eigenvalue weighted by atomic mass is 10.0. The van der Waals surface area contributed by atoms with Gasteiger partial charge in [-0.05, 0) is 55.1 Å². The second kappa shape index (κ2) is 9.04. The van der Waals surface area contributed by atoms with E-state index in [9.17, 15) is 31.2 Å². The lowest BCUT2D eigenvalue weighted by Gasteiger charge is -2.34. The van der Waals surface area contributed by atoms with Crippen LogP contribution in [0.25, 0.3) is 10.8 Å². The van der Waals surface area contributed by atoms with Crippen molar-refractivity contribution in [2.45, 2.75) is 25.3 Å². The summed E-state index contributed by atoms with van der Waals surface area (Å²) in [4.78, 5) is 28.4. The number of urea groups is 1. The Morgan fingerprint density at radius 3 is 2.27 bits per heavy atom. The van der Waals surface area contributed by atoms with Crippen LogP contribution in [-0.2, 0) is 10.0 Å². The molecule has 176 valence electrons. The molecular formula is C20H18ClF3N4O4S. The molecular weight excluding hydrogens is 485 g/mol. The molecule has 2 unspecified atom stereocenters. The zero-order valence-electron chi connectivity index (χ0n) is 17.2. The highest BCUT2D eigenvalue weighted by Crippen LogP contribution is 2.30. The third-order valence-electron chi connectivity index (χ3n) is 5.11. The smallest absolute Gasteiger partial charge is 0.323 e. The number of hydrogen-bond acceptors (Lipinski definition) is 4. The van der Waals surface area contributed by atoms with Gasteiger partial charge in [0.2, 0.25) is 10.0 Å². The van der Waals surface area contributed by atoms with Crippen LogP contribution in [-0.4, -0.2) is 29.7 Å². The molecule has 0 spiro atoms. The standard InChI is InChI=1S/C20H18ClF3N4O4S/c1-9(14-8-26-19(29)13-7-18(24)17(23)6-12(13)14)28(10(2)33(25,31)32)20(30)27-11-3-4-16(22)15(21)5-11/h3-10H,1-2H3,(H,26,29)(H,27,30)(H2,25,31,32). The Bertz CT molecular complexity index is 1410. The summed E-state index contributed by atoms with van der Waals surface area (Å²) in [6.07, 6.45) is 1.16. The van der Waals surface area contributed by atoms with E-state index in [1.54, 1.807) is 0 Å². The molecule has 2 amide bonds. The number of carbonyl (C=O) groups excluding carboxylic acids is 1. The minimum atomic E-state index is -4.31.